The van der Waals surface area contributed by atoms with E-state index in [2.05, 4.69) is 5.32 Å². The molecule has 7 nitrogen and oxygen atoms in total. The Balaban J connectivity index is 2.05. The van der Waals surface area contributed by atoms with Gasteiger partial charge in [-0.2, -0.15) is 0 Å². The molecule has 2 rings (SSSR count). The molecule has 0 aromatic heterocycles. The van der Waals surface area contributed by atoms with Crippen molar-refractivity contribution < 1.29 is 18.0 Å². The van der Waals surface area contributed by atoms with Crippen molar-refractivity contribution in [2.24, 2.45) is 0 Å². The highest BCUT2D eigenvalue weighted by atomic mass is 32.2. The van der Waals surface area contributed by atoms with E-state index in [0.717, 1.165) is 11.1 Å². The van der Waals surface area contributed by atoms with Crippen LogP contribution in [0.1, 0.15) is 37.8 Å². The van der Waals surface area contributed by atoms with Crippen LogP contribution in [0.25, 0.3) is 0 Å². The molecule has 0 heterocycles. The summed E-state index contributed by atoms with van der Waals surface area (Å²) in [5.41, 5.74) is 2.05. The first-order valence-corrected chi connectivity index (χ1v) is 12.2. The molecule has 0 saturated carbocycles. The molecule has 1 atom stereocenters. The zero-order chi connectivity index (χ0) is 23.7. The molecular weight excluding hydrogens is 426 g/mol. The predicted molar refractivity (Wildman–Crippen MR) is 125 cm³/mol. The lowest BCUT2D eigenvalue weighted by atomic mass is 10.1. The van der Waals surface area contributed by atoms with Gasteiger partial charge < -0.3 is 10.2 Å². The van der Waals surface area contributed by atoms with E-state index in [1.54, 1.807) is 42.2 Å². The molecule has 0 fully saturated rings. The van der Waals surface area contributed by atoms with Crippen LogP contribution >= 0.6 is 0 Å². The molecule has 2 amide bonds. The second-order valence-corrected chi connectivity index (χ2v) is 9.87. The number of benzene rings is 2. The number of nitrogens with one attached hydrogen (secondary N) is 1. The van der Waals surface area contributed by atoms with Crippen LogP contribution in [0.4, 0.5) is 0 Å². The molecule has 174 valence electrons. The van der Waals surface area contributed by atoms with E-state index in [1.807, 2.05) is 38.1 Å². The Labute approximate surface area is 191 Å². The van der Waals surface area contributed by atoms with E-state index in [-0.39, 0.29) is 29.7 Å². The highest BCUT2D eigenvalue weighted by molar-refractivity contribution is 7.89. The van der Waals surface area contributed by atoms with Crippen LogP contribution in [-0.4, -0.2) is 55.6 Å². The van der Waals surface area contributed by atoms with Gasteiger partial charge in [0.15, 0.2) is 0 Å². The first-order valence-electron chi connectivity index (χ1n) is 10.8. The smallest absolute Gasteiger partial charge is 0.242 e. The van der Waals surface area contributed by atoms with Crippen molar-refractivity contribution >= 4 is 21.8 Å². The highest BCUT2D eigenvalue weighted by Crippen LogP contribution is 2.16. The van der Waals surface area contributed by atoms with Crippen LogP contribution in [0.15, 0.2) is 59.5 Å². The molecule has 0 aliphatic carbocycles. The van der Waals surface area contributed by atoms with Gasteiger partial charge in [0.1, 0.15) is 6.04 Å². The fourth-order valence-electron chi connectivity index (χ4n) is 3.28. The number of aryl methyl sites for hydroxylation is 1. The molecule has 1 N–H and O–H groups in total. The van der Waals surface area contributed by atoms with Crippen molar-refractivity contribution in [3.8, 4) is 0 Å². The van der Waals surface area contributed by atoms with E-state index >= 15 is 0 Å². The fourth-order valence-corrected chi connectivity index (χ4v) is 4.51. The normalized spacial score (nSPS) is 12.4. The summed E-state index contributed by atoms with van der Waals surface area (Å²) in [7, 11) is -2.09. The monoisotopic (exact) mass is 459 g/mol. The lowest BCUT2D eigenvalue weighted by molar-refractivity contribution is -0.140. The Morgan fingerprint density at radius 3 is 2.25 bits per heavy atom. The van der Waals surface area contributed by atoms with E-state index in [4.69, 9.17) is 0 Å². The Kier molecular flexibility index (Phi) is 9.41. The van der Waals surface area contributed by atoms with Gasteiger partial charge in [-0.25, -0.2) is 12.7 Å². The molecule has 0 aliphatic heterocycles. The van der Waals surface area contributed by atoms with Gasteiger partial charge in [0, 0.05) is 33.1 Å². The summed E-state index contributed by atoms with van der Waals surface area (Å²) in [4.78, 5) is 27.2. The summed E-state index contributed by atoms with van der Waals surface area (Å²) in [5, 5.41) is 2.77. The Morgan fingerprint density at radius 2 is 1.66 bits per heavy atom. The minimum atomic E-state index is -3.60. The number of carbonyl (C=O) groups excluding carboxylic acids is 2. The third kappa shape index (κ3) is 6.90. The van der Waals surface area contributed by atoms with Crippen LogP contribution in [-0.2, 0) is 26.2 Å². The first kappa shape index (κ1) is 25.5. The van der Waals surface area contributed by atoms with Crippen LogP contribution < -0.4 is 5.32 Å². The number of nitrogens with zero attached hydrogens (tertiary/aromatic N) is 2. The predicted octanol–water partition coefficient (Wildman–Crippen LogP) is 2.95. The highest BCUT2D eigenvalue weighted by Gasteiger charge is 2.26. The lowest BCUT2D eigenvalue weighted by Crippen LogP contribution is -2.47. The van der Waals surface area contributed by atoms with Gasteiger partial charge in [-0.05, 0) is 44.9 Å². The molecule has 0 unspecified atom stereocenters. The van der Waals surface area contributed by atoms with Gasteiger partial charge in [0.2, 0.25) is 21.8 Å². The zero-order valence-corrected chi connectivity index (χ0v) is 20.1. The number of amides is 2. The van der Waals surface area contributed by atoms with Crippen LogP contribution in [0.2, 0.25) is 0 Å². The van der Waals surface area contributed by atoms with E-state index in [0.29, 0.717) is 19.5 Å². The zero-order valence-electron chi connectivity index (χ0n) is 19.2. The topological polar surface area (TPSA) is 86.8 Å². The minimum Gasteiger partial charge on any atom is -0.355 e. The maximum absolute atomic E-state index is 13.0. The molecule has 8 heteroatoms. The second kappa shape index (κ2) is 11.8. The van der Waals surface area contributed by atoms with E-state index in [9.17, 15) is 18.0 Å². The average Bonchev–Trinajstić information content (AvgIpc) is 2.78. The van der Waals surface area contributed by atoms with Crippen molar-refractivity contribution in [2.45, 2.75) is 51.1 Å². The van der Waals surface area contributed by atoms with Crippen molar-refractivity contribution in [1.82, 2.24) is 14.5 Å². The van der Waals surface area contributed by atoms with Gasteiger partial charge in [-0.3, -0.25) is 9.59 Å². The number of hydrogen-bond acceptors (Lipinski definition) is 4. The maximum atomic E-state index is 13.0. The molecule has 0 spiro atoms. The molecule has 32 heavy (non-hydrogen) atoms. The quantitative estimate of drug-likeness (QED) is 0.560. The average molecular weight is 460 g/mol. The van der Waals surface area contributed by atoms with Crippen molar-refractivity contribution in [3.05, 3.63) is 65.7 Å². The molecule has 0 aliphatic rings. The Bertz CT molecular complexity index is 992. The SMILES string of the molecule is CCNC(=O)[C@@H](C)N(Cc1ccc(C)cc1)C(=O)CCCN(C)S(=O)(=O)c1ccccc1. The molecule has 2 aromatic rings. The summed E-state index contributed by atoms with van der Waals surface area (Å²) in [6, 6.07) is 15.4. The third-order valence-electron chi connectivity index (χ3n) is 5.31. The fraction of sp³-hybridized carbons (Fsp3) is 0.417. The largest absolute Gasteiger partial charge is 0.355 e. The number of likely N-dealkylation sites (N-methyl/N-ethyl adjacent to an activating group) is 1. The van der Waals surface area contributed by atoms with E-state index in [1.165, 1.54) is 11.4 Å². The van der Waals surface area contributed by atoms with Gasteiger partial charge in [0.05, 0.1) is 4.90 Å². The van der Waals surface area contributed by atoms with Crippen molar-refractivity contribution in [1.29, 1.82) is 0 Å². The van der Waals surface area contributed by atoms with Crippen molar-refractivity contribution in [2.75, 3.05) is 20.1 Å². The number of rotatable bonds is 11. The van der Waals surface area contributed by atoms with Crippen molar-refractivity contribution in [3.63, 3.8) is 0 Å². The number of sulfonamides is 1. The van der Waals surface area contributed by atoms with Gasteiger partial charge in [0.25, 0.3) is 0 Å². The van der Waals surface area contributed by atoms with Gasteiger partial charge in [-0.1, -0.05) is 48.0 Å². The standard InChI is InChI=1S/C24H33N3O4S/c1-5-25-24(29)20(3)27(18-21-15-13-19(2)14-16-21)23(28)12-9-17-26(4)32(30,31)22-10-7-6-8-11-22/h6-8,10-11,13-16,20H,5,9,12,17-18H2,1-4H3,(H,25,29)/t20-/m1/s1. The minimum absolute atomic E-state index is 0.143. The second-order valence-electron chi connectivity index (χ2n) is 7.82. The summed E-state index contributed by atoms with van der Waals surface area (Å²) >= 11 is 0. The summed E-state index contributed by atoms with van der Waals surface area (Å²) in [5.74, 6) is -0.397. The lowest BCUT2D eigenvalue weighted by Gasteiger charge is -2.29. The summed E-state index contributed by atoms with van der Waals surface area (Å²) in [6.07, 6.45) is 0.498. The molecule has 0 saturated heterocycles. The number of hydrogen-bond donors (Lipinski definition) is 1. The molecular formula is C24H33N3O4S. The Hall–Kier alpha value is -2.71. The number of carbonyl (C=O) groups is 2. The van der Waals surface area contributed by atoms with E-state index < -0.39 is 16.1 Å². The van der Waals surface area contributed by atoms with Gasteiger partial charge in [-0.15, -0.1) is 0 Å². The molecule has 0 radical (unpaired) electrons. The third-order valence-corrected chi connectivity index (χ3v) is 7.18. The van der Waals surface area contributed by atoms with Crippen LogP contribution in [0.3, 0.4) is 0 Å². The summed E-state index contributed by atoms with van der Waals surface area (Å²) < 4.78 is 26.6. The maximum Gasteiger partial charge on any atom is 0.242 e. The van der Waals surface area contributed by atoms with Gasteiger partial charge >= 0.3 is 0 Å². The first-order chi connectivity index (χ1) is 15.2. The van der Waals surface area contributed by atoms with Crippen LogP contribution in [0.5, 0.6) is 0 Å². The molecule has 2 aromatic carbocycles. The molecule has 0 bridgehead atoms. The Morgan fingerprint density at radius 1 is 1.03 bits per heavy atom. The summed E-state index contributed by atoms with van der Waals surface area (Å²) in [6.45, 7) is 6.54. The van der Waals surface area contributed by atoms with Crippen LogP contribution in [0, 0.1) is 6.92 Å².